The average molecular weight is 349 g/mol. The van der Waals surface area contributed by atoms with E-state index < -0.39 is 10.0 Å². The predicted octanol–water partition coefficient (Wildman–Crippen LogP) is 2.34. The molecule has 1 aromatic carbocycles. The predicted molar refractivity (Wildman–Crippen MR) is 90.8 cm³/mol. The summed E-state index contributed by atoms with van der Waals surface area (Å²) >= 11 is 0. The van der Waals surface area contributed by atoms with Gasteiger partial charge in [0.05, 0.1) is 17.6 Å². The summed E-state index contributed by atoms with van der Waals surface area (Å²) in [5.41, 5.74) is 2.61. The molecule has 0 radical (unpaired) electrons. The fraction of sp³-hybridized carbons (Fsp3) is 0.375. The summed E-state index contributed by atoms with van der Waals surface area (Å²) in [6, 6.07) is 5.29. The van der Waals surface area contributed by atoms with Gasteiger partial charge in [-0.15, -0.1) is 0 Å². The fourth-order valence-corrected chi connectivity index (χ4v) is 4.00. The van der Waals surface area contributed by atoms with E-state index in [-0.39, 0.29) is 11.7 Å². The van der Waals surface area contributed by atoms with Gasteiger partial charge in [-0.25, -0.2) is 8.42 Å². The summed E-state index contributed by atoms with van der Waals surface area (Å²) < 4.78 is 30.8. The largest absolute Gasteiger partial charge is 0.361 e. The number of aryl methyl sites for hydroxylation is 2. The molecule has 2 aromatic rings. The molecule has 1 N–H and O–H groups in total. The van der Waals surface area contributed by atoms with Gasteiger partial charge < -0.3 is 9.84 Å². The van der Waals surface area contributed by atoms with Crippen LogP contribution in [0, 0.1) is 6.92 Å². The molecule has 0 saturated carbocycles. The minimum atomic E-state index is -3.29. The number of carbonyl (C=O) groups is 1. The van der Waals surface area contributed by atoms with E-state index in [4.69, 9.17) is 4.52 Å². The van der Waals surface area contributed by atoms with Crippen molar-refractivity contribution in [2.75, 3.05) is 21.9 Å². The molecular formula is C16H19N3O4S. The lowest BCUT2D eigenvalue weighted by molar-refractivity contribution is 0.102. The normalized spacial score (nSPS) is 14.3. The van der Waals surface area contributed by atoms with E-state index in [1.165, 1.54) is 10.5 Å². The van der Waals surface area contributed by atoms with Gasteiger partial charge in [0.25, 0.3) is 5.91 Å². The lowest BCUT2D eigenvalue weighted by Crippen LogP contribution is -2.36. The summed E-state index contributed by atoms with van der Waals surface area (Å²) in [6.45, 7) is 3.80. The fourth-order valence-electron chi connectivity index (χ4n) is 2.80. The molecule has 0 aliphatic carbocycles. The second-order valence-corrected chi connectivity index (χ2v) is 7.85. The van der Waals surface area contributed by atoms with Gasteiger partial charge >= 0.3 is 0 Å². The minimum Gasteiger partial charge on any atom is -0.361 e. The van der Waals surface area contributed by atoms with Gasteiger partial charge in [0.2, 0.25) is 10.0 Å². The molecule has 1 aliphatic rings. The summed E-state index contributed by atoms with van der Waals surface area (Å²) in [5, 5.41) is 6.39. The molecule has 0 spiro atoms. The molecule has 1 aliphatic heterocycles. The van der Waals surface area contributed by atoms with Crippen molar-refractivity contribution in [1.29, 1.82) is 0 Å². The standard InChI is InChI=1S/C16H19N3O4S/c1-3-24(21,22)19-8-4-5-12-9-13(6-7-15(12)19)18-16(20)14-10-17-23-11(14)2/h6-7,9-10H,3-5,8H2,1-2H3,(H,18,20). The molecular weight excluding hydrogens is 330 g/mol. The van der Waals surface area contributed by atoms with Gasteiger partial charge in [-0.3, -0.25) is 9.10 Å². The Balaban J connectivity index is 1.87. The van der Waals surface area contributed by atoms with Crippen molar-refractivity contribution in [2.45, 2.75) is 26.7 Å². The number of aromatic nitrogens is 1. The van der Waals surface area contributed by atoms with Gasteiger partial charge in [0.15, 0.2) is 0 Å². The number of nitrogens with one attached hydrogen (secondary N) is 1. The van der Waals surface area contributed by atoms with Crippen LogP contribution in [0.2, 0.25) is 0 Å². The van der Waals surface area contributed by atoms with Gasteiger partial charge in [0, 0.05) is 12.2 Å². The summed E-state index contributed by atoms with van der Waals surface area (Å²) in [7, 11) is -3.29. The summed E-state index contributed by atoms with van der Waals surface area (Å²) in [6.07, 6.45) is 2.91. The van der Waals surface area contributed by atoms with Gasteiger partial charge in [-0.2, -0.15) is 0 Å². The molecule has 0 atom stereocenters. The molecule has 3 rings (SSSR count). The number of rotatable bonds is 4. The zero-order chi connectivity index (χ0) is 17.3. The SMILES string of the molecule is CCS(=O)(=O)N1CCCc2cc(NC(=O)c3cnoc3C)ccc21. The number of anilines is 2. The van der Waals surface area contributed by atoms with E-state index in [9.17, 15) is 13.2 Å². The number of amides is 1. The third-order valence-electron chi connectivity index (χ3n) is 4.11. The van der Waals surface area contributed by atoms with Crippen molar-refractivity contribution in [3.05, 3.63) is 41.3 Å². The molecule has 0 fully saturated rings. The highest BCUT2D eigenvalue weighted by molar-refractivity contribution is 7.92. The maximum atomic E-state index is 12.2. The summed E-state index contributed by atoms with van der Waals surface area (Å²) in [4.78, 5) is 12.2. The van der Waals surface area contributed by atoms with E-state index in [0.717, 1.165) is 18.4 Å². The highest BCUT2D eigenvalue weighted by Crippen LogP contribution is 2.32. The Morgan fingerprint density at radius 3 is 2.88 bits per heavy atom. The van der Waals surface area contributed by atoms with Gasteiger partial charge in [0.1, 0.15) is 11.3 Å². The van der Waals surface area contributed by atoms with E-state index in [1.807, 2.05) is 6.07 Å². The molecule has 1 amide bonds. The zero-order valence-electron chi connectivity index (χ0n) is 13.6. The highest BCUT2D eigenvalue weighted by atomic mass is 32.2. The molecule has 8 heteroatoms. The minimum absolute atomic E-state index is 0.0672. The Morgan fingerprint density at radius 1 is 1.42 bits per heavy atom. The molecule has 1 aromatic heterocycles. The van der Waals surface area contributed by atoms with E-state index in [2.05, 4.69) is 10.5 Å². The lowest BCUT2D eigenvalue weighted by Gasteiger charge is -2.30. The molecule has 0 saturated heterocycles. The first-order valence-corrected chi connectivity index (χ1v) is 9.39. The Morgan fingerprint density at radius 2 is 2.21 bits per heavy atom. The van der Waals surface area contributed by atoms with Crippen LogP contribution >= 0.6 is 0 Å². The lowest BCUT2D eigenvalue weighted by atomic mass is 10.0. The van der Waals surface area contributed by atoms with Crippen molar-refractivity contribution >= 4 is 27.3 Å². The number of fused-ring (bicyclic) bond motifs is 1. The number of carbonyl (C=O) groups excluding carboxylic acids is 1. The topological polar surface area (TPSA) is 92.5 Å². The van der Waals surface area contributed by atoms with Crippen LogP contribution in [0.25, 0.3) is 0 Å². The first kappa shape index (κ1) is 16.5. The van der Waals surface area contributed by atoms with Crippen molar-refractivity contribution in [2.24, 2.45) is 0 Å². The number of benzene rings is 1. The molecule has 0 unspecified atom stereocenters. The Kier molecular flexibility index (Phi) is 4.31. The van der Waals surface area contributed by atoms with Crippen molar-refractivity contribution in [1.82, 2.24) is 5.16 Å². The first-order valence-electron chi connectivity index (χ1n) is 7.78. The third-order valence-corrected chi connectivity index (χ3v) is 5.89. The van der Waals surface area contributed by atoms with E-state index >= 15 is 0 Å². The van der Waals surface area contributed by atoms with Crippen LogP contribution in [0.4, 0.5) is 11.4 Å². The maximum Gasteiger partial charge on any atom is 0.260 e. The number of nitrogens with zero attached hydrogens (tertiary/aromatic N) is 2. The maximum absolute atomic E-state index is 12.2. The number of hydrogen-bond acceptors (Lipinski definition) is 5. The first-order chi connectivity index (χ1) is 11.4. The Labute approximate surface area is 140 Å². The third kappa shape index (κ3) is 3.01. The quantitative estimate of drug-likeness (QED) is 0.914. The van der Waals surface area contributed by atoms with Crippen molar-refractivity contribution in [3.63, 3.8) is 0 Å². The molecule has 7 nitrogen and oxygen atoms in total. The molecule has 2 heterocycles. The van der Waals surface area contributed by atoms with Crippen LogP contribution in [0.5, 0.6) is 0 Å². The Hall–Kier alpha value is -2.35. The monoisotopic (exact) mass is 349 g/mol. The van der Waals surface area contributed by atoms with Crippen LogP contribution in [0.3, 0.4) is 0 Å². The van der Waals surface area contributed by atoms with Crippen molar-refractivity contribution < 1.29 is 17.7 Å². The van der Waals surface area contributed by atoms with Crippen LogP contribution < -0.4 is 9.62 Å². The van der Waals surface area contributed by atoms with Crippen LogP contribution in [-0.2, 0) is 16.4 Å². The van der Waals surface area contributed by atoms with Crippen molar-refractivity contribution in [3.8, 4) is 0 Å². The molecule has 0 bridgehead atoms. The number of sulfonamides is 1. The molecule has 128 valence electrons. The number of hydrogen-bond donors (Lipinski definition) is 1. The molecule has 24 heavy (non-hydrogen) atoms. The van der Waals surface area contributed by atoms with Gasteiger partial charge in [-0.1, -0.05) is 5.16 Å². The highest BCUT2D eigenvalue weighted by Gasteiger charge is 2.26. The van der Waals surface area contributed by atoms with Crippen LogP contribution in [0.15, 0.2) is 28.9 Å². The summed E-state index contributed by atoms with van der Waals surface area (Å²) in [5.74, 6) is 0.214. The van der Waals surface area contributed by atoms with E-state index in [0.29, 0.717) is 29.2 Å². The average Bonchev–Trinajstić information content (AvgIpc) is 3.00. The zero-order valence-corrected chi connectivity index (χ0v) is 14.4. The van der Waals surface area contributed by atoms with E-state index in [1.54, 1.807) is 26.0 Å². The smallest absolute Gasteiger partial charge is 0.260 e. The Bertz CT molecular complexity index is 873. The second-order valence-electron chi connectivity index (χ2n) is 5.67. The van der Waals surface area contributed by atoms with Gasteiger partial charge in [-0.05, 0) is 50.5 Å². The van der Waals surface area contributed by atoms with Crippen LogP contribution in [-0.4, -0.2) is 31.8 Å². The second kappa shape index (κ2) is 6.27. The van der Waals surface area contributed by atoms with Crippen LogP contribution in [0.1, 0.15) is 35.0 Å².